The Hall–Kier alpha value is -1.88. The van der Waals surface area contributed by atoms with Gasteiger partial charge in [0.25, 0.3) is 0 Å². The molecule has 1 aromatic carbocycles. The third kappa shape index (κ3) is 2.86. The van der Waals surface area contributed by atoms with E-state index in [1.807, 2.05) is 13.0 Å². The van der Waals surface area contributed by atoms with E-state index in [1.165, 1.54) is 11.1 Å². The van der Waals surface area contributed by atoms with Gasteiger partial charge in [-0.3, -0.25) is 9.59 Å². The van der Waals surface area contributed by atoms with Crippen molar-refractivity contribution in [3.05, 3.63) is 34.9 Å². The van der Waals surface area contributed by atoms with Gasteiger partial charge in [0.15, 0.2) is 0 Å². The average Bonchev–Trinajstić information content (AvgIpc) is 2.85. The average molecular weight is 301 g/mol. The lowest BCUT2D eigenvalue weighted by atomic mass is 9.86. The number of nitrogens with one attached hydrogen (secondary N) is 2. The topological polar surface area (TPSA) is 84.2 Å². The van der Waals surface area contributed by atoms with Gasteiger partial charge in [0.2, 0.25) is 11.8 Å². The summed E-state index contributed by atoms with van der Waals surface area (Å²) < 4.78 is 0. The Morgan fingerprint density at radius 1 is 1.45 bits per heavy atom. The van der Waals surface area contributed by atoms with E-state index in [4.69, 9.17) is 5.73 Å². The molecule has 0 bridgehead atoms. The zero-order chi connectivity index (χ0) is 15.7. The molecule has 0 radical (unpaired) electrons. The van der Waals surface area contributed by atoms with Crippen LogP contribution in [0.4, 0.5) is 0 Å². The molecule has 1 fully saturated rings. The predicted molar refractivity (Wildman–Crippen MR) is 83.9 cm³/mol. The summed E-state index contributed by atoms with van der Waals surface area (Å²) >= 11 is 0. The summed E-state index contributed by atoms with van der Waals surface area (Å²) in [4.78, 5) is 23.9. The monoisotopic (exact) mass is 301 g/mol. The molecular weight excluding hydrogens is 278 g/mol. The van der Waals surface area contributed by atoms with Crippen molar-refractivity contribution in [1.29, 1.82) is 0 Å². The van der Waals surface area contributed by atoms with Crippen LogP contribution < -0.4 is 16.4 Å². The first-order valence-corrected chi connectivity index (χ1v) is 8.00. The summed E-state index contributed by atoms with van der Waals surface area (Å²) in [5.41, 5.74) is 9.30. The molecular formula is C17H23N3O2. The molecule has 5 heteroatoms. The smallest absolute Gasteiger partial charge is 0.243 e. The maximum atomic E-state index is 12.5. The van der Waals surface area contributed by atoms with E-state index >= 15 is 0 Å². The predicted octanol–water partition coefficient (Wildman–Crippen LogP) is 1.16. The molecule has 118 valence electrons. The molecule has 1 saturated heterocycles. The van der Waals surface area contributed by atoms with E-state index in [-0.39, 0.29) is 23.8 Å². The number of nitrogens with two attached hydrogens (primary N) is 1. The van der Waals surface area contributed by atoms with Gasteiger partial charge in [0.05, 0.1) is 6.04 Å². The minimum absolute atomic E-state index is 0.0350. The third-order valence-electron chi connectivity index (χ3n) is 4.75. The lowest BCUT2D eigenvalue weighted by Gasteiger charge is -2.28. The van der Waals surface area contributed by atoms with Crippen LogP contribution in [0.1, 0.15) is 48.9 Å². The minimum atomic E-state index is -0.402. The lowest BCUT2D eigenvalue weighted by Crippen LogP contribution is -2.45. The second-order valence-electron chi connectivity index (χ2n) is 6.42. The van der Waals surface area contributed by atoms with E-state index in [0.717, 1.165) is 24.8 Å². The van der Waals surface area contributed by atoms with Crippen LogP contribution in [0.5, 0.6) is 0 Å². The Morgan fingerprint density at radius 2 is 2.27 bits per heavy atom. The largest absolute Gasteiger partial charge is 0.347 e. The van der Waals surface area contributed by atoms with Gasteiger partial charge in [-0.1, -0.05) is 25.1 Å². The van der Waals surface area contributed by atoms with Crippen molar-refractivity contribution in [2.75, 3.05) is 0 Å². The van der Waals surface area contributed by atoms with Crippen LogP contribution in [0.2, 0.25) is 0 Å². The van der Waals surface area contributed by atoms with E-state index in [9.17, 15) is 9.59 Å². The Bertz CT molecular complexity index is 600. The van der Waals surface area contributed by atoms with Crippen LogP contribution in [-0.4, -0.2) is 17.9 Å². The number of amides is 2. The molecule has 0 saturated carbocycles. The van der Waals surface area contributed by atoms with Crippen LogP contribution in [-0.2, 0) is 22.6 Å². The molecule has 22 heavy (non-hydrogen) atoms. The Labute approximate surface area is 130 Å². The van der Waals surface area contributed by atoms with E-state index in [1.54, 1.807) is 0 Å². The van der Waals surface area contributed by atoms with Crippen LogP contribution >= 0.6 is 0 Å². The Morgan fingerprint density at radius 3 is 2.95 bits per heavy atom. The fourth-order valence-corrected chi connectivity index (χ4v) is 3.51. The first kappa shape index (κ1) is 15.0. The van der Waals surface area contributed by atoms with Gasteiger partial charge in [-0.15, -0.1) is 0 Å². The van der Waals surface area contributed by atoms with Gasteiger partial charge in [0, 0.05) is 13.0 Å². The maximum absolute atomic E-state index is 12.5. The zero-order valence-electron chi connectivity index (χ0n) is 12.9. The maximum Gasteiger partial charge on any atom is 0.243 e. The molecule has 4 N–H and O–H groups in total. The van der Waals surface area contributed by atoms with E-state index in [2.05, 4.69) is 22.8 Å². The first-order valence-electron chi connectivity index (χ1n) is 8.00. The van der Waals surface area contributed by atoms with Crippen molar-refractivity contribution in [2.45, 2.75) is 51.2 Å². The molecule has 2 aliphatic rings. The molecule has 0 aromatic heterocycles. The van der Waals surface area contributed by atoms with Crippen molar-refractivity contribution in [3.63, 3.8) is 0 Å². The Balaban J connectivity index is 1.74. The summed E-state index contributed by atoms with van der Waals surface area (Å²) in [5.74, 6) is -0.0569. The van der Waals surface area contributed by atoms with Gasteiger partial charge >= 0.3 is 0 Å². The van der Waals surface area contributed by atoms with Gasteiger partial charge in [-0.25, -0.2) is 0 Å². The van der Waals surface area contributed by atoms with Crippen LogP contribution in [0.15, 0.2) is 18.2 Å². The molecule has 5 nitrogen and oxygen atoms in total. The molecule has 3 atom stereocenters. The lowest BCUT2D eigenvalue weighted by molar-refractivity contribution is -0.126. The van der Waals surface area contributed by atoms with Gasteiger partial charge in [0.1, 0.15) is 6.04 Å². The number of aryl methyl sites for hydroxylation is 1. The SMILES string of the molecule is CC1CC(=O)NC1C(=O)NC1CCCc2cc(CN)ccc21. The highest BCUT2D eigenvalue weighted by Gasteiger charge is 2.35. The van der Waals surface area contributed by atoms with Gasteiger partial charge < -0.3 is 16.4 Å². The van der Waals surface area contributed by atoms with Crippen LogP contribution in [0.25, 0.3) is 0 Å². The van der Waals surface area contributed by atoms with Crippen molar-refractivity contribution < 1.29 is 9.59 Å². The molecule has 1 aliphatic carbocycles. The molecule has 3 unspecified atom stereocenters. The summed E-state index contributed by atoms with van der Waals surface area (Å²) in [5, 5.41) is 5.89. The first-order chi connectivity index (χ1) is 10.6. The normalized spacial score (nSPS) is 27.2. The van der Waals surface area contributed by atoms with Gasteiger partial charge in [-0.2, -0.15) is 0 Å². The summed E-state index contributed by atoms with van der Waals surface area (Å²) in [6.45, 7) is 2.47. The molecule has 0 spiro atoms. The number of hydrogen-bond acceptors (Lipinski definition) is 3. The summed E-state index contributed by atoms with van der Waals surface area (Å²) in [7, 11) is 0. The summed E-state index contributed by atoms with van der Waals surface area (Å²) in [6, 6.07) is 5.89. The number of hydrogen-bond donors (Lipinski definition) is 3. The standard InChI is InChI=1S/C17H23N3O2/c1-10-7-15(21)20-16(10)17(22)19-14-4-2-3-12-8-11(9-18)5-6-13(12)14/h5-6,8,10,14,16H,2-4,7,9,18H2,1H3,(H,19,22)(H,20,21). The van der Waals surface area contributed by atoms with Crippen LogP contribution in [0.3, 0.4) is 0 Å². The summed E-state index contributed by atoms with van der Waals surface area (Å²) in [6.07, 6.45) is 3.46. The fourth-order valence-electron chi connectivity index (χ4n) is 3.51. The quantitative estimate of drug-likeness (QED) is 0.783. The van der Waals surface area contributed by atoms with Crippen molar-refractivity contribution in [1.82, 2.24) is 10.6 Å². The van der Waals surface area contributed by atoms with Crippen molar-refractivity contribution in [3.8, 4) is 0 Å². The fraction of sp³-hybridized carbons (Fsp3) is 0.529. The molecule has 3 rings (SSSR count). The van der Waals surface area contributed by atoms with Crippen LogP contribution in [0, 0.1) is 5.92 Å². The number of benzene rings is 1. The minimum Gasteiger partial charge on any atom is -0.347 e. The van der Waals surface area contributed by atoms with Crippen molar-refractivity contribution >= 4 is 11.8 Å². The van der Waals surface area contributed by atoms with Crippen molar-refractivity contribution in [2.24, 2.45) is 11.7 Å². The third-order valence-corrected chi connectivity index (χ3v) is 4.75. The molecule has 1 heterocycles. The highest BCUT2D eigenvalue weighted by Crippen LogP contribution is 2.31. The Kier molecular flexibility index (Phi) is 4.16. The number of fused-ring (bicyclic) bond motifs is 1. The molecule has 2 amide bonds. The highest BCUT2D eigenvalue weighted by atomic mass is 16.2. The van der Waals surface area contributed by atoms with E-state index in [0.29, 0.717) is 13.0 Å². The molecule has 1 aromatic rings. The van der Waals surface area contributed by atoms with E-state index < -0.39 is 6.04 Å². The second kappa shape index (κ2) is 6.08. The van der Waals surface area contributed by atoms with Gasteiger partial charge in [-0.05, 0) is 41.9 Å². The number of carbonyl (C=O) groups excluding carboxylic acids is 2. The molecule has 1 aliphatic heterocycles. The number of carbonyl (C=O) groups is 2. The zero-order valence-corrected chi connectivity index (χ0v) is 12.9. The highest BCUT2D eigenvalue weighted by molar-refractivity contribution is 5.91. The number of rotatable bonds is 3. The second-order valence-corrected chi connectivity index (χ2v) is 6.42.